The van der Waals surface area contributed by atoms with Crippen LogP contribution in [-0.4, -0.2) is 61.9 Å². The molecule has 1 aliphatic rings. The second-order valence-corrected chi connectivity index (χ2v) is 12.6. The molecular weight excluding hydrogens is 542 g/mol. The maximum atomic E-state index is 13.2. The van der Waals surface area contributed by atoms with E-state index in [-0.39, 0.29) is 40.2 Å². The molecule has 1 aliphatic heterocycles. The van der Waals surface area contributed by atoms with Gasteiger partial charge in [-0.1, -0.05) is 25.2 Å². The molecule has 2 heterocycles. The Balaban J connectivity index is 1.67. The zero-order valence-electron chi connectivity index (χ0n) is 22.2. The molecule has 0 saturated carbocycles. The molecular formula is C27H31N3O7S2. The highest BCUT2D eigenvalue weighted by Crippen LogP contribution is 2.27. The first kappa shape index (κ1) is 28.7. The monoisotopic (exact) mass is 573 g/mol. The van der Waals surface area contributed by atoms with Crippen LogP contribution in [0, 0.1) is 11.8 Å². The minimum absolute atomic E-state index is 0.120. The first-order valence-electron chi connectivity index (χ1n) is 12.6. The van der Waals surface area contributed by atoms with Gasteiger partial charge in [0.15, 0.2) is 4.80 Å². The molecule has 4 rings (SSSR count). The van der Waals surface area contributed by atoms with Crippen molar-refractivity contribution in [2.45, 2.75) is 38.6 Å². The molecule has 0 unspecified atom stereocenters. The van der Waals surface area contributed by atoms with Crippen molar-refractivity contribution >= 4 is 49.4 Å². The normalized spacial score (nSPS) is 18.7. The van der Waals surface area contributed by atoms with Crippen molar-refractivity contribution < 1.29 is 32.3 Å². The van der Waals surface area contributed by atoms with Crippen molar-refractivity contribution in [3.8, 4) is 0 Å². The third-order valence-electron chi connectivity index (χ3n) is 6.48. The van der Waals surface area contributed by atoms with E-state index in [1.807, 2.05) is 13.8 Å². The number of carbonyl (C=O) groups excluding carboxylic acids is 3. The van der Waals surface area contributed by atoms with Gasteiger partial charge in [-0.25, -0.2) is 13.2 Å². The number of hydrogen-bond acceptors (Lipinski definition) is 8. The largest absolute Gasteiger partial charge is 0.468 e. The van der Waals surface area contributed by atoms with Gasteiger partial charge in [0.2, 0.25) is 10.0 Å². The Morgan fingerprint density at radius 3 is 2.28 bits per heavy atom. The predicted molar refractivity (Wildman–Crippen MR) is 146 cm³/mol. The summed E-state index contributed by atoms with van der Waals surface area (Å²) in [6, 6.07) is 10.6. The minimum Gasteiger partial charge on any atom is -0.468 e. The molecule has 2 atom stereocenters. The van der Waals surface area contributed by atoms with Crippen LogP contribution in [-0.2, 0) is 30.8 Å². The summed E-state index contributed by atoms with van der Waals surface area (Å²) >= 11 is 1.13. The van der Waals surface area contributed by atoms with Gasteiger partial charge < -0.3 is 14.0 Å². The molecule has 208 valence electrons. The van der Waals surface area contributed by atoms with E-state index in [9.17, 15) is 22.8 Å². The summed E-state index contributed by atoms with van der Waals surface area (Å²) in [4.78, 5) is 41.9. The number of sulfonamides is 1. The van der Waals surface area contributed by atoms with Crippen LogP contribution in [0.25, 0.3) is 10.2 Å². The average molecular weight is 574 g/mol. The summed E-state index contributed by atoms with van der Waals surface area (Å²) in [5.41, 5.74) is 1.13. The van der Waals surface area contributed by atoms with Crippen molar-refractivity contribution in [3.63, 3.8) is 0 Å². The number of nitrogens with zero attached hydrogens (tertiary/aromatic N) is 3. The number of piperidine rings is 1. The molecule has 0 bridgehead atoms. The average Bonchev–Trinajstić information content (AvgIpc) is 3.23. The van der Waals surface area contributed by atoms with Gasteiger partial charge in [-0.3, -0.25) is 9.59 Å². The molecule has 2 aromatic carbocycles. The lowest BCUT2D eigenvalue weighted by Crippen LogP contribution is -2.42. The molecule has 12 heteroatoms. The second kappa shape index (κ2) is 11.8. The second-order valence-electron chi connectivity index (χ2n) is 9.66. The molecule has 0 radical (unpaired) electrons. The maximum absolute atomic E-state index is 13.2. The first-order valence-corrected chi connectivity index (χ1v) is 14.9. The number of fused-ring (bicyclic) bond motifs is 1. The topological polar surface area (TPSA) is 124 Å². The van der Waals surface area contributed by atoms with E-state index >= 15 is 0 Å². The zero-order valence-corrected chi connectivity index (χ0v) is 23.9. The van der Waals surface area contributed by atoms with Crippen molar-refractivity contribution in [1.29, 1.82) is 0 Å². The molecule has 1 fully saturated rings. The number of methoxy groups -OCH3 is 1. The van der Waals surface area contributed by atoms with Crippen molar-refractivity contribution in [2.75, 3.05) is 26.8 Å². The van der Waals surface area contributed by atoms with Gasteiger partial charge in [0.1, 0.15) is 6.54 Å². The summed E-state index contributed by atoms with van der Waals surface area (Å²) < 4.78 is 39.9. The fourth-order valence-corrected chi connectivity index (χ4v) is 7.47. The summed E-state index contributed by atoms with van der Waals surface area (Å²) in [5.74, 6) is -1.07. The third kappa shape index (κ3) is 6.29. The van der Waals surface area contributed by atoms with Crippen LogP contribution < -0.4 is 4.80 Å². The Labute approximate surface area is 230 Å². The molecule has 0 N–H and O–H groups in total. The van der Waals surface area contributed by atoms with Gasteiger partial charge in [0.25, 0.3) is 5.91 Å². The van der Waals surface area contributed by atoms with Crippen LogP contribution >= 0.6 is 11.3 Å². The smallest absolute Gasteiger partial charge is 0.338 e. The number of hydrogen-bond donors (Lipinski definition) is 0. The number of carbonyl (C=O) groups is 3. The number of esters is 2. The molecule has 1 aromatic heterocycles. The van der Waals surface area contributed by atoms with Crippen LogP contribution in [0.5, 0.6) is 0 Å². The highest BCUT2D eigenvalue weighted by Gasteiger charge is 2.31. The lowest BCUT2D eigenvalue weighted by atomic mass is 9.94. The van der Waals surface area contributed by atoms with Crippen molar-refractivity contribution in [1.82, 2.24) is 8.87 Å². The third-order valence-corrected chi connectivity index (χ3v) is 9.37. The van der Waals surface area contributed by atoms with E-state index in [2.05, 4.69) is 4.99 Å². The highest BCUT2D eigenvalue weighted by molar-refractivity contribution is 7.89. The molecule has 0 aliphatic carbocycles. The van der Waals surface area contributed by atoms with Gasteiger partial charge in [-0.2, -0.15) is 9.30 Å². The van der Waals surface area contributed by atoms with E-state index in [1.165, 1.54) is 40.2 Å². The van der Waals surface area contributed by atoms with Crippen molar-refractivity contribution in [3.05, 3.63) is 58.4 Å². The minimum atomic E-state index is -3.68. The lowest BCUT2D eigenvalue weighted by Gasteiger charge is -2.34. The van der Waals surface area contributed by atoms with E-state index in [0.717, 1.165) is 17.8 Å². The number of benzene rings is 2. The Kier molecular flexibility index (Phi) is 8.67. The van der Waals surface area contributed by atoms with E-state index < -0.39 is 27.9 Å². The Morgan fingerprint density at radius 1 is 1.03 bits per heavy atom. The van der Waals surface area contributed by atoms with Crippen LogP contribution in [0.2, 0.25) is 0 Å². The molecule has 10 nitrogen and oxygen atoms in total. The van der Waals surface area contributed by atoms with Crippen LogP contribution in [0.4, 0.5) is 0 Å². The molecule has 0 spiro atoms. The van der Waals surface area contributed by atoms with Gasteiger partial charge in [-0.15, -0.1) is 0 Å². The summed E-state index contributed by atoms with van der Waals surface area (Å²) in [5, 5.41) is 0. The highest BCUT2D eigenvalue weighted by atomic mass is 32.2. The van der Waals surface area contributed by atoms with Crippen molar-refractivity contribution in [2.24, 2.45) is 16.8 Å². The number of ether oxygens (including phenoxy) is 2. The van der Waals surface area contributed by atoms with Gasteiger partial charge in [0, 0.05) is 18.7 Å². The zero-order chi connectivity index (χ0) is 28.3. The number of rotatable bonds is 7. The van der Waals surface area contributed by atoms with E-state index in [1.54, 1.807) is 25.1 Å². The molecule has 1 saturated heterocycles. The van der Waals surface area contributed by atoms with Gasteiger partial charge >= 0.3 is 11.9 Å². The first-order chi connectivity index (χ1) is 18.5. The quantitative estimate of drug-likeness (QED) is 0.397. The summed E-state index contributed by atoms with van der Waals surface area (Å²) in [6.07, 6.45) is 0.985. The predicted octanol–water partition coefficient (Wildman–Crippen LogP) is 3.46. The molecule has 39 heavy (non-hydrogen) atoms. The maximum Gasteiger partial charge on any atom is 0.338 e. The molecule has 1 amide bonds. The number of thiazole rings is 1. The standard InChI is InChI=1S/C27H31N3O7S2/c1-5-37-26(33)20-8-11-22-23(13-20)38-27(30(22)16-24(31)36-4)28-25(32)19-6-9-21(10-7-19)39(34,35)29-14-17(2)12-18(3)15-29/h6-11,13,17-18H,5,12,14-16H2,1-4H3/t17-,18-/m0/s1. The van der Waals surface area contributed by atoms with Gasteiger partial charge in [-0.05, 0) is 67.6 Å². The fraction of sp³-hybridized carbons (Fsp3) is 0.407. The van der Waals surface area contributed by atoms with E-state index in [4.69, 9.17) is 9.47 Å². The van der Waals surface area contributed by atoms with E-state index in [0.29, 0.717) is 28.9 Å². The number of aromatic nitrogens is 1. The Hall–Kier alpha value is -3.35. The fourth-order valence-electron chi connectivity index (χ4n) is 4.72. The summed E-state index contributed by atoms with van der Waals surface area (Å²) in [7, 11) is -2.42. The SMILES string of the molecule is CCOC(=O)c1ccc2c(c1)sc(=NC(=O)c1ccc(S(=O)(=O)N3C[C@@H](C)C[C@H](C)C3)cc1)n2CC(=O)OC. The lowest BCUT2D eigenvalue weighted by molar-refractivity contribution is -0.141. The van der Waals surface area contributed by atoms with Gasteiger partial charge in [0.05, 0.1) is 34.4 Å². The van der Waals surface area contributed by atoms with Crippen LogP contribution in [0.1, 0.15) is 47.9 Å². The number of amides is 1. The van der Waals surface area contributed by atoms with Crippen LogP contribution in [0.15, 0.2) is 52.4 Å². The summed E-state index contributed by atoms with van der Waals surface area (Å²) in [6.45, 7) is 6.77. The molecule has 3 aromatic rings. The Bertz CT molecular complexity index is 1560. The van der Waals surface area contributed by atoms with Crippen LogP contribution in [0.3, 0.4) is 0 Å². The Morgan fingerprint density at radius 2 is 1.67 bits per heavy atom.